The van der Waals surface area contributed by atoms with Gasteiger partial charge in [-0.3, -0.25) is 4.98 Å². The minimum absolute atomic E-state index is 0.147. The minimum Gasteiger partial charge on any atom is -0.384 e. The zero-order valence-corrected chi connectivity index (χ0v) is 13.7. The molecule has 0 aliphatic rings. The molecule has 0 aliphatic carbocycles. The first-order valence-corrected chi connectivity index (χ1v) is 8.37. The minimum atomic E-state index is -3.58. The van der Waals surface area contributed by atoms with Crippen LogP contribution in [0.2, 0.25) is 0 Å². The van der Waals surface area contributed by atoms with Crippen molar-refractivity contribution in [3.63, 3.8) is 0 Å². The summed E-state index contributed by atoms with van der Waals surface area (Å²) in [5, 5.41) is 3.12. The average Bonchev–Trinajstić information content (AvgIpc) is 2.35. The Balaban J connectivity index is 3.04. The molecule has 0 saturated carbocycles. The van der Waals surface area contributed by atoms with E-state index in [2.05, 4.69) is 15.0 Å². The summed E-state index contributed by atoms with van der Waals surface area (Å²) < 4.78 is 27.7. The highest BCUT2D eigenvalue weighted by atomic mass is 32.2. The number of aromatic nitrogens is 1. The Morgan fingerprint density at radius 1 is 1.35 bits per heavy atom. The Kier molecular flexibility index (Phi) is 5.53. The maximum absolute atomic E-state index is 12.5. The van der Waals surface area contributed by atoms with Crippen LogP contribution in [0.1, 0.15) is 41.0 Å². The summed E-state index contributed by atoms with van der Waals surface area (Å²) in [6, 6.07) is 1.51. The molecule has 1 atom stereocenters. The Morgan fingerprint density at radius 3 is 2.55 bits per heavy atom. The quantitative estimate of drug-likeness (QED) is 0.847. The lowest BCUT2D eigenvalue weighted by molar-refractivity contribution is 0.317. The number of hydrogen-bond acceptors (Lipinski definition) is 4. The Bertz CT molecular complexity index is 536. The average molecular weight is 299 g/mol. The van der Waals surface area contributed by atoms with E-state index < -0.39 is 10.0 Å². The van der Waals surface area contributed by atoms with Crippen molar-refractivity contribution in [1.29, 1.82) is 0 Å². The first kappa shape index (κ1) is 16.9. The van der Waals surface area contributed by atoms with Crippen molar-refractivity contribution < 1.29 is 8.42 Å². The van der Waals surface area contributed by atoms with Crippen LogP contribution in [0.25, 0.3) is 0 Å². The fourth-order valence-corrected chi connectivity index (χ4v) is 3.05. The van der Waals surface area contributed by atoms with E-state index in [1.165, 1.54) is 6.20 Å². The second kappa shape index (κ2) is 6.54. The third kappa shape index (κ3) is 4.45. The molecular formula is C14H25N3O2S. The molecule has 0 saturated heterocycles. The van der Waals surface area contributed by atoms with Gasteiger partial charge in [0.05, 0.1) is 5.69 Å². The highest BCUT2D eigenvalue weighted by molar-refractivity contribution is 7.89. The first-order valence-electron chi connectivity index (χ1n) is 6.88. The molecular weight excluding hydrogens is 274 g/mol. The van der Waals surface area contributed by atoms with Gasteiger partial charge >= 0.3 is 0 Å². The molecule has 1 unspecified atom stereocenters. The summed E-state index contributed by atoms with van der Waals surface area (Å²) in [5.41, 5.74) is 0.446. The molecule has 0 spiro atoms. The monoisotopic (exact) mass is 299 g/mol. The largest absolute Gasteiger partial charge is 0.384 e. The van der Waals surface area contributed by atoms with Crippen LogP contribution in [0.3, 0.4) is 0 Å². The molecule has 1 aromatic rings. The van der Waals surface area contributed by atoms with Gasteiger partial charge in [-0.05, 0) is 24.8 Å². The zero-order chi connectivity index (χ0) is 15.4. The summed E-state index contributed by atoms with van der Waals surface area (Å²) in [5.74, 6) is 0. The van der Waals surface area contributed by atoms with Crippen LogP contribution in [0.5, 0.6) is 0 Å². The van der Waals surface area contributed by atoms with Crippen molar-refractivity contribution in [2.24, 2.45) is 5.41 Å². The van der Waals surface area contributed by atoms with Crippen molar-refractivity contribution in [2.75, 3.05) is 11.9 Å². The first-order chi connectivity index (χ1) is 9.18. The molecule has 5 nitrogen and oxygen atoms in total. The van der Waals surface area contributed by atoms with Gasteiger partial charge in [-0.2, -0.15) is 0 Å². The van der Waals surface area contributed by atoms with Crippen molar-refractivity contribution in [3.05, 3.63) is 18.5 Å². The van der Waals surface area contributed by atoms with E-state index >= 15 is 0 Å². The van der Waals surface area contributed by atoms with Gasteiger partial charge in [0.1, 0.15) is 4.90 Å². The van der Waals surface area contributed by atoms with Crippen molar-refractivity contribution in [2.45, 2.75) is 52.0 Å². The summed E-state index contributed by atoms with van der Waals surface area (Å²) in [7, 11) is -3.58. The Hall–Kier alpha value is -1.14. The van der Waals surface area contributed by atoms with Gasteiger partial charge in [-0.15, -0.1) is 0 Å². The second-order valence-corrected chi connectivity index (χ2v) is 7.69. The van der Waals surface area contributed by atoms with E-state index in [0.717, 1.165) is 13.0 Å². The maximum Gasteiger partial charge on any atom is 0.244 e. The second-order valence-electron chi connectivity index (χ2n) is 6.01. The molecule has 1 heterocycles. The molecule has 0 fully saturated rings. The Labute approximate surface area is 122 Å². The molecule has 2 N–H and O–H groups in total. The topological polar surface area (TPSA) is 71.1 Å². The summed E-state index contributed by atoms with van der Waals surface area (Å²) >= 11 is 0. The molecule has 0 bridgehead atoms. The molecule has 1 rings (SSSR count). The number of anilines is 1. The number of nitrogens with zero attached hydrogens (tertiary/aromatic N) is 1. The van der Waals surface area contributed by atoms with Crippen LogP contribution in [-0.4, -0.2) is 26.0 Å². The van der Waals surface area contributed by atoms with Gasteiger partial charge in [0, 0.05) is 25.0 Å². The molecule has 6 heteroatoms. The SMILES string of the molecule is CCCNc1ccncc1S(=O)(=O)NC(C)C(C)(C)C. The van der Waals surface area contributed by atoms with Crippen LogP contribution in [0.15, 0.2) is 23.4 Å². The van der Waals surface area contributed by atoms with E-state index in [-0.39, 0.29) is 16.4 Å². The molecule has 0 aliphatic heterocycles. The molecule has 0 amide bonds. The van der Waals surface area contributed by atoms with Crippen LogP contribution in [0.4, 0.5) is 5.69 Å². The number of sulfonamides is 1. The standard InChI is InChI=1S/C14H25N3O2S/c1-6-8-16-12-7-9-15-10-13(12)20(18,19)17-11(2)14(3,4)5/h7,9-11,17H,6,8H2,1-5H3,(H,15,16). The predicted octanol–water partition coefficient (Wildman–Crippen LogP) is 2.62. The van der Waals surface area contributed by atoms with E-state index in [9.17, 15) is 8.42 Å². The number of hydrogen-bond donors (Lipinski definition) is 2. The lowest BCUT2D eigenvalue weighted by Crippen LogP contribution is -2.41. The van der Waals surface area contributed by atoms with Gasteiger partial charge < -0.3 is 5.32 Å². The predicted molar refractivity (Wildman–Crippen MR) is 82.3 cm³/mol. The van der Waals surface area contributed by atoms with Crippen LogP contribution >= 0.6 is 0 Å². The fraction of sp³-hybridized carbons (Fsp3) is 0.643. The smallest absolute Gasteiger partial charge is 0.244 e. The number of rotatable bonds is 6. The van der Waals surface area contributed by atoms with E-state index in [0.29, 0.717) is 5.69 Å². The molecule has 20 heavy (non-hydrogen) atoms. The van der Waals surface area contributed by atoms with Crippen LogP contribution in [0, 0.1) is 5.41 Å². The van der Waals surface area contributed by atoms with Crippen LogP contribution < -0.4 is 10.0 Å². The maximum atomic E-state index is 12.5. The zero-order valence-electron chi connectivity index (χ0n) is 12.9. The van der Waals surface area contributed by atoms with E-state index in [1.807, 2.05) is 34.6 Å². The van der Waals surface area contributed by atoms with Crippen molar-refractivity contribution >= 4 is 15.7 Å². The Morgan fingerprint density at radius 2 is 2.00 bits per heavy atom. The fourth-order valence-electron chi connectivity index (χ4n) is 1.47. The number of pyridine rings is 1. The van der Waals surface area contributed by atoms with Crippen molar-refractivity contribution in [1.82, 2.24) is 9.71 Å². The van der Waals surface area contributed by atoms with Gasteiger partial charge in [0.25, 0.3) is 0 Å². The third-order valence-electron chi connectivity index (χ3n) is 3.27. The number of nitrogens with one attached hydrogen (secondary N) is 2. The van der Waals surface area contributed by atoms with E-state index in [1.54, 1.807) is 12.3 Å². The molecule has 1 aromatic heterocycles. The normalized spacial score (nSPS) is 14.1. The van der Waals surface area contributed by atoms with Gasteiger partial charge in [-0.1, -0.05) is 27.7 Å². The molecule has 0 radical (unpaired) electrons. The lowest BCUT2D eigenvalue weighted by Gasteiger charge is -2.28. The van der Waals surface area contributed by atoms with Gasteiger partial charge in [0.15, 0.2) is 0 Å². The van der Waals surface area contributed by atoms with Crippen LogP contribution in [-0.2, 0) is 10.0 Å². The summed E-state index contributed by atoms with van der Waals surface area (Å²) in [6.07, 6.45) is 3.90. The molecule has 0 aromatic carbocycles. The lowest BCUT2D eigenvalue weighted by atomic mass is 9.89. The van der Waals surface area contributed by atoms with Crippen molar-refractivity contribution in [3.8, 4) is 0 Å². The third-order valence-corrected chi connectivity index (χ3v) is 4.84. The summed E-state index contributed by atoms with van der Waals surface area (Å²) in [6.45, 7) is 10.6. The van der Waals surface area contributed by atoms with Gasteiger partial charge in [0.2, 0.25) is 10.0 Å². The summed E-state index contributed by atoms with van der Waals surface area (Å²) in [4.78, 5) is 4.13. The highest BCUT2D eigenvalue weighted by Gasteiger charge is 2.27. The molecule has 114 valence electrons. The van der Waals surface area contributed by atoms with E-state index in [4.69, 9.17) is 0 Å². The highest BCUT2D eigenvalue weighted by Crippen LogP contribution is 2.24. The van der Waals surface area contributed by atoms with Gasteiger partial charge in [-0.25, -0.2) is 13.1 Å².